The maximum Gasteiger partial charge on any atom is 0.102 e. The summed E-state index contributed by atoms with van der Waals surface area (Å²) in [5.74, 6) is 0. The molecule has 14 rings (SSSR count). The van der Waals surface area contributed by atoms with Gasteiger partial charge < -0.3 is 18.3 Å². The van der Waals surface area contributed by atoms with Gasteiger partial charge in [0.2, 0.25) is 0 Å². The molecule has 0 N–H and O–H groups in total. The fourth-order valence-corrected chi connectivity index (χ4v) is 10.7. The lowest BCUT2D eigenvalue weighted by Gasteiger charge is -2.29. The van der Waals surface area contributed by atoms with Gasteiger partial charge in [0.05, 0.1) is 100 Å². The Labute approximate surface area is 381 Å². The van der Waals surface area contributed by atoms with Gasteiger partial charge in [-0.3, -0.25) is 24.9 Å². The van der Waals surface area contributed by atoms with Gasteiger partial charge in [-0.05, 0) is 91.9 Å². The van der Waals surface area contributed by atoms with Crippen LogP contribution in [0, 0.1) is 18.3 Å². The van der Waals surface area contributed by atoms with Crippen LogP contribution in [0.5, 0.6) is 0 Å². The Hall–Kier alpha value is -9.46. The molecule has 0 bridgehead atoms. The van der Waals surface area contributed by atoms with E-state index in [4.69, 9.17) is 24.9 Å². The third-order valence-corrected chi connectivity index (χ3v) is 13.3. The molecule has 0 atom stereocenters. The quantitative estimate of drug-likeness (QED) is 0.171. The van der Waals surface area contributed by atoms with Crippen LogP contribution in [-0.4, -0.2) is 43.2 Å². The summed E-state index contributed by atoms with van der Waals surface area (Å²) in [5.41, 5.74) is 16.1. The van der Waals surface area contributed by atoms with Gasteiger partial charge >= 0.3 is 0 Å². The number of nitrogens with zero attached hydrogens (tertiary/aromatic N) is 10. The van der Waals surface area contributed by atoms with Crippen LogP contribution in [-0.2, 0) is 0 Å². The first kappa shape index (κ1) is 37.0. The van der Waals surface area contributed by atoms with Crippen LogP contribution >= 0.6 is 0 Å². The number of para-hydroxylation sites is 4. The molecule has 67 heavy (non-hydrogen) atoms. The predicted octanol–water partition coefficient (Wildman–Crippen LogP) is 12.9. The zero-order valence-corrected chi connectivity index (χ0v) is 35.9. The van der Waals surface area contributed by atoms with E-state index < -0.39 is 0 Å². The zero-order valence-electron chi connectivity index (χ0n) is 35.9. The van der Waals surface area contributed by atoms with Crippen LogP contribution < -0.4 is 0 Å². The van der Waals surface area contributed by atoms with E-state index in [1.165, 1.54) is 0 Å². The minimum absolute atomic E-state index is 0.432. The van der Waals surface area contributed by atoms with E-state index in [1.54, 1.807) is 0 Å². The van der Waals surface area contributed by atoms with Crippen molar-refractivity contribution in [2.24, 2.45) is 0 Å². The lowest BCUT2D eigenvalue weighted by molar-refractivity contribution is 1.01. The first-order valence-electron chi connectivity index (χ1n) is 22.2. The van der Waals surface area contributed by atoms with Crippen molar-refractivity contribution >= 4 is 87.7 Å². The van der Waals surface area contributed by atoms with Crippen LogP contribution in [0.15, 0.2) is 189 Å². The molecule has 10 nitrogen and oxygen atoms in total. The van der Waals surface area contributed by atoms with Gasteiger partial charge in [0.25, 0.3) is 0 Å². The second kappa shape index (κ2) is 14.0. The fourth-order valence-electron chi connectivity index (χ4n) is 10.7. The second-order valence-electron chi connectivity index (χ2n) is 16.8. The molecule has 0 unspecified atom stereocenters. The van der Waals surface area contributed by atoms with Crippen LogP contribution in [0.1, 0.15) is 11.3 Å². The molecule has 0 saturated carbocycles. The third-order valence-electron chi connectivity index (χ3n) is 13.3. The smallest absolute Gasteiger partial charge is 0.102 e. The zero-order chi connectivity index (χ0) is 44.3. The summed E-state index contributed by atoms with van der Waals surface area (Å²) >= 11 is 0. The van der Waals surface area contributed by atoms with Crippen molar-refractivity contribution in [1.29, 1.82) is 5.26 Å². The average molecular weight is 859 g/mol. The van der Waals surface area contributed by atoms with E-state index in [2.05, 4.69) is 140 Å². The Kier molecular flexibility index (Phi) is 7.73. The molecular formula is C57H34N10. The standard InChI is InChI=1S/C57H34N10/c1-34-15-10-20-40(63-34)49-39(33-58)54(64-41-21-6-2-16-35(41)50-45(64)25-11-29-59-50)56(66-43-23-8-4-18-37(43)52-47(66)27-13-31-61-52)57(67-44-24-9-5-19-38(44)53-48(67)28-14-32-62-53)55(49)65-42-22-7-3-17-36(42)51-46(65)26-12-30-60-51/h2-32H,1H3. The Morgan fingerprint density at radius 1 is 0.358 bits per heavy atom. The van der Waals surface area contributed by atoms with Gasteiger partial charge in [-0.15, -0.1) is 0 Å². The van der Waals surface area contributed by atoms with Gasteiger partial charge in [-0.2, -0.15) is 5.26 Å². The van der Waals surface area contributed by atoms with Gasteiger partial charge in [0.1, 0.15) is 6.07 Å². The summed E-state index contributed by atoms with van der Waals surface area (Å²) < 4.78 is 9.22. The Morgan fingerprint density at radius 3 is 1.09 bits per heavy atom. The van der Waals surface area contributed by atoms with Crippen molar-refractivity contribution in [2.75, 3.05) is 0 Å². The largest absolute Gasteiger partial charge is 0.305 e. The molecule has 0 saturated heterocycles. The number of aromatic nitrogens is 9. The Bertz CT molecular complexity index is 4230. The number of hydrogen-bond acceptors (Lipinski definition) is 6. The minimum atomic E-state index is 0.432. The number of rotatable bonds is 5. The molecule has 0 spiro atoms. The van der Waals surface area contributed by atoms with Crippen molar-refractivity contribution in [1.82, 2.24) is 43.2 Å². The highest BCUT2D eigenvalue weighted by Gasteiger charge is 2.35. The van der Waals surface area contributed by atoms with Crippen molar-refractivity contribution < 1.29 is 0 Å². The molecule has 14 aromatic rings. The van der Waals surface area contributed by atoms with Gasteiger partial charge in [0, 0.05) is 57.6 Å². The van der Waals surface area contributed by atoms with Gasteiger partial charge in [0.15, 0.2) is 0 Å². The average Bonchev–Trinajstić information content (AvgIpc) is 4.11. The summed E-state index contributed by atoms with van der Waals surface area (Å²) in [6.45, 7) is 2.00. The van der Waals surface area contributed by atoms with E-state index in [1.807, 2.05) is 80.2 Å². The minimum Gasteiger partial charge on any atom is -0.305 e. The monoisotopic (exact) mass is 858 g/mol. The first-order valence-corrected chi connectivity index (χ1v) is 22.2. The Morgan fingerprint density at radius 2 is 0.701 bits per heavy atom. The van der Waals surface area contributed by atoms with Crippen LogP contribution in [0.2, 0.25) is 0 Å². The number of fused-ring (bicyclic) bond motifs is 12. The molecule has 9 aromatic heterocycles. The predicted molar refractivity (Wildman–Crippen MR) is 268 cm³/mol. The van der Waals surface area contributed by atoms with Crippen LogP contribution in [0.4, 0.5) is 0 Å². The molecule has 10 heteroatoms. The molecule has 0 aliphatic carbocycles. The molecule has 312 valence electrons. The van der Waals surface area contributed by atoms with E-state index in [0.29, 0.717) is 22.5 Å². The summed E-state index contributed by atoms with van der Waals surface area (Å²) in [7, 11) is 0. The highest BCUT2D eigenvalue weighted by Crippen LogP contribution is 2.51. The normalized spacial score (nSPS) is 11.9. The molecule has 0 radical (unpaired) electrons. The number of aryl methyl sites for hydroxylation is 1. The molecule has 5 aromatic carbocycles. The molecule has 0 aliphatic rings. The first-order chi connectivity index (χ1) is 33.2. The van der Waals surface area contributed by atoms with Gasteiger partial charge in [-0.1, -0.05) is 78.9 Å². The van der Waals surface area contributed by atoms with E-state index in [-0.39, 0.29) is 0 Å². The van der Waals surface area contributed by atoms with Crippen molar-refractivity contribution in [2.45, 2.75) is 6.92 Å². The number of hydrogen-bond donors (Lipinski definition) is 0. The van der Waals surface area contributed by atoms with E-state index >= 15 is 0 Å². The van der Waals surface area contributed by atoms with Crippen molar-refractivity contribution in [3.05, 3.63) is 200 Å². The molecule has 0 fully saturated rings. The summed E-state index contributed by atoms with van der Waals surface area (Å²) in [5, 5.41) is 16.3. The van der Waals surface area contributed by atoms with Gasteiger partial charge in [-0.25, -0.2) is 0 Å². The second-order valence-corrected chi connectivity index (χ2v) is 16.8. The summed E-state index contributed by atoms with van der Waals surface area (Å²) in [6.07, 6.45) is 7.39. The lowest BCUT2D eigenvalue weighted by atomic mass is 9.95. The summed E-state index contributed by atoms with van der Waals surface area (Å²) in [4.78, 5) is 25.5. The fraction of sp³-hybridized carbons (Fsp3) is 0.0175. The number of benzene rings is 5. The third kappa shape index (κ3) is 5.05. The highest BCUT2D eigenvalue weighted by atomic mass is 15.2. The Balaban J connectivity index is 1.38. The van der Waals surface area contributed by atoms with Crippen LogP contribution in [0.3, 0.4) is 0 Å². The van der Waals surface area contributed by atoms with E-state index in [9.17, 15) is 5.26 Å². The lowest BCUT2D eigenvalue weighted by Crippen LogP contribution is -2.17. The summed E-state index contributed by atoms with van der Waals surface area (Å²) in [6, 6.07) is 58.9. The topological polar surface area (TPSA) is 108 Å². The van der Waals surface area contributed by atoms with Crippen LogP contribution in [0.25, 0.3) is 122 Å². The molecule has 0 amide bonds. The number of nitriles is 1. The highest BCUT2D eigenvalue weighted by molar-refractivity contribution is 6.15. The maximum absolute atomic E-state index is 12.4. The molecule has 0 aliphatic heterocycles. The number of pyridine rings is 5. The maximum atomic E-state index is 12.4. The van der Waals surface area contributed by atoms with Crippen molar-refractivity contribution in [3.8, 4) is 40.1 Å². The molecular weight excluding hydrogens is 825 g/mol. The van der Waals surface area contributed by atoms with E-state index in [0.717, 1.165) is 111 Å². The molecule has 9 heterocycles. The van der Waals surface area contributed by atoms with Crippen molar-refractivity contribution in [3.63, 3.8) is 0 Å². The SMILES string of the molecule is Cc1cccc(-c2c(C#N)c(-n3c4ccccc4c4ncccc43)c(-n3c4ccccc4c4ncccc43)c(-n3c4ccccc4c4ncccc43)c2-n2c3ccccc3c3ncccc32)n1.